The first-order chi connectivity index (χ1) is 7.15. The van der Waals surface area contributed by atoms with E-state index in [9.17, 15) is 4.79 Å². The van der Waals surface area contributed by atoms with E-state index in [2.05, 4.69) is 10.3 Å². The molecule has 15 heavy (non-hydrogen) atoms. The predicted octanol–water partition coefficient (Wildman–Crippen LogP) is 1.13. The molecule has 1 amide bonds. The van der Waals surface area contributed by atoms with E-state index in [0.717, 1.165) is 11.3 Å². The van der Waals surface area contributed by atoms with Gasteiger partial charge < -0.3 is 11.1 Å². The largest absolute Gasteiger partial charge is 0.350 e. The van der Waals surface area contributed by atoms with Crippen molar-refractivity contribution in [1.29, 1.82) is 0 Å². The Hall–Kier alpha value is -0.940. The molecule has 1 heterocycles. The van der Waals surface area contributed by atoms with E-state index in [1.54, 1.807) is 11.7 Å². The van der Waals surface area contributed by atoms with Gasteiger partial charge in [-0.2, -0.15) is 0 Å². The molecule has 0 fully saturated rings. The molecule has 1 rings (SSSR count). The number of aromatic nitrogens is 1. The Bertz CT molecular complexity index is 300. The molecule has 0 aliphatic heterocycles. The van der Waals surface area contributed by atoms with Crippen molar-refractivity contribution in [2.45, 2.75) is 32.9 Å². The van der Waals surface area contributed by atoms with Crippen LogP contribution in [0.25, 0.3) is 0 Å². The Balaban J connectivity index is 2.36. The fourth-order valence-electron chi connectivity index (χ4n) is 1.13. The van der Waals surface area contributed by atoms with E-state index >= 15 is 0 Å². The molecule has 0 saturated heterocycles. The summed E-state index contributed by atoms with van der Waals surface area (Å²) in [6.45, 7) is 4.53. The number of rotatable bonds is 5. The van der Waals surface area contributed by atoms with Gasteiger partial charge in [0.05, 0.1) is 18.1 Å². The van der Waals surface area contributed by atoms with Crippen LogP contribution in [0.1, 0.15) is 25.1 Å². The number of hydrogen-bond donors (Lipinski definition) is 2. The Labute approximate surface area is 93.9 Å². The van der Waals surface area contributed by atoms with Crippen molar-refractivity contribution in [3.8, 4) is 0 Å². The van der Waals surface area contributed by atoms with Gasteiger partial charge in [0.25, 0.3) is 0 Å². The maximum absolute atomic E-state index is 11.6. The van der Waals surface area contributed by atoms with Crippen LogP contribution in [-0.4, -0.2) is 16.9 Å². The number of nitrogens with one attached hydrogen (secondary N) is 1. The van der Waals surface area contributed by atoms with Crippen molar-refractivity contribution in [3.63, 3.8) is 0 Å². The van der Waals surface area contributed by atoms with E-state index in [4.69, 9.17) is 5.73 Å². The maximum Gasteiger partial charge on any atom is 0.237 e. The number of carbonyl (C=O) groups is 1. The zero-order chi connectivity index (χ0) is 11.3. The van der Waals surface area contributed by atoms with E-state index in [1.165, 1.54) is 11.3 Å². The topological polar surface area (TPSA) is 68.0 Å². The lowest BCUT2D eigenvalue weighted by molar-refractivity contribution is -0.123. The second kappa shape index (κ2) is 5.82. The summed E-state index contributed by atoms with van der Waals surface area (Å²) in [5.41, 5.74) is 7.53. The molecule has 4 nitrogen and oxygen atoms in total. The molecule has 1 aromatic rings. The summed E-state index contributed by atoms with van der Waals surface area (Å²) in [5.74, 6) is 0.129. The molecule has 1 aromatic heterocycles. The Kier molecular flexibility index (Phi) is 4.71. The van der Waals surface area contributed by atoms with Gasteiger partial charge in [-0.1, -0.05) is 20.3 Å². The molecule has 3 N–H and O–H groups in total. The van der Waals surface area contributed by atoms with Crippen molar-refractivity contribution < 1.29 is 4.79 Å². The van der Waals surface area contributed by atoms with Crippen molar-refractivity contribution in [2.24, 2.45) is 11.7 Å². The average molecular weight is 227 g/mol. The summed E-state index contributed by atoms with van der Waals surface area (Å²) < 4.78 is 0. The predicted molar refractivity (Wildman–Crippen MR) is 61.4 cm³/mol. The number of amides is 1. The minimum atomic E-state index is -0.414. The van der Waals surface area contributed by atoms with Crippen LogP contribution in [0.5, 0.6) is 0 Å². The van der Waals surface area contributed by atoms with Gasteiger partial charge in [-0.25, -0.2) is 0 Å². The first-order valence-corrected chi connectivity index (χ1v) is 5.93. The molecule has 84 valence electrons. The molecule has 0 spiro atoms. The molecule has 0 saturated carbocycles. The summed E-state index contributed by atoms with van der Waals surface area (Å²) >= 11 is 1.52. The summed E-state index contributed by atoms with van der Waals surface area (Å²) in [5, 5.41) is 2.81. The van der Waals surface area contributed by atoms with Gasteiger partial charge in [0, 0.05) is 11.1 Å². The molecule has 2 unspecified atom stereocenters. The molecular weight excluding hydrogens is 210 g/mol. The normalized spacial score (nSPS) is 14.6. The number of nitrogens with two attached hydrogens (primary N) is 1. The highest BCUT2D eigenvalue weighted by atomic mass is 32.1. The smallest absolute Gasteiger partial charge is 0.237 e. The first-order valence-electron chi connectivity index (χ1n) is 5.05. The van der Waals surface area contributed by atoms with Gasteiger partial charge in [0.1, 0.15) is 0 Å². The van der Waals surface area contributed by atoms with Crippen LogP contribution in [-0.2, 0) is 11.3 Å². The van der Waals surface area contributed by atoms with Crippen LogP contribution >= 0.6 is 11.3 Å². The van der Waals surface area contributed by atoms with E-state index in [-0.39, 0.29) is 11.8 Å². The van der Waals surface area contributed by atoms with E-state index < -0.39 is 6.04 Å². The van der Waals surface area contributed by atoms with Gasteiger partial charge in [-0.05, 0) is 5.92 Å². The summed E-state index contributed by atoms with van der Waals surface area (Å²) in [6, 6.07) is -0.414. The molecule has 5 heteroatoms. The highest BCUT2D eigenvalue weighted by Gasteiger charge is 2.18. The van der Waals surface area contributed by atoms with E-state index in [0.29, 0.717) is 6.54 Å². The highest BCUT2D eigenvalue weighted by Crippen LogP contribution is 2.07. The standard InChI is InChI=1S/C10H17N3OS/c1-3-7(2)9(11)10(14)13-5-8-4-12-6-15-8/h4,6-7,9H,3,5,11H2,1-2H3,(H,13,14). The number of thiazole rings is 1. The lowest BCUT2D eigenvalue weighted by Crippen LogP contribution is -2.44. The monoisotopic (exact) mass is 227 g/mol. The van der Waals surface area contributed by atoms with Crippen LogP contribution in [0.15, 0.2) is 11.7 Å². The van der Waals surface area contributed by atoms with Gasteiger partial charge in [-0.3, -0.25) is 9.78 Å². The lowest BCUT2D eigenvalue weighted by atomic mass is 9.99. The molecule has 0 bridgehead atoms. The first kappa shape index (κ1) is 12.1. The highest BCUT2D eigenvalue weighted by molar-refractivity contribution is 7.09. The second-order valence-corrected chi connectivity index (χ2v) is 4.57. The van der Waals surface area contributed by atoms with Gasteiger partial charge in [-0.15, -0.1) is 11.3 Å². The molecule has 2 atom stereocenters. The SMILES string of the molecule is CCC(C)C(N)C(=O)NCc1cncs1. The molecule has 0 aromatic carbocycles. The van der Waals surface area contributed by atoms with Crippen LogP contribution < -0.4 is 11.1 Å². The Morgan fingerprint density at radius 1 is 1.73 bits per heavy atom. The Morgan fingerprint density at radius 3 is 3.00 bits per heavy atom. The fraction of sp³-hybridized carbons (Fsp3) is 0.600. The van der Waals surface area contributed by atoms with Crippen molar-refractivity contribution in [1.82, 2.24) is 10.3 Å². The summed E-state index contributed by atoms with van der Waals surface area (Å²) in [4.78, 5) is 16.6. The maximum atomic E-state index is 11.6. The van der Waals surface area contributed by atoms with Crippen molar-refractivity contribution >= 4 is 17.2 Å². The van der Waals surface area contributed by atoms with Gasteiger partial charge >= 0.3 is 0 Å². The van der Waals surface area contributed by atoms with Crippen LogP contribution in [0, 0.1) is 5.92 Å². The molecule has 0 aliphatic rings. The lowest BCUT2D eigenvalue weighted by Gasteiger charge is -2.17. The summed E-state index contributed by atoms with van der Waals surface area (Å²) in [7, 11) is 0. The number of nitrogens with zero attached hydrogens (tertiary/aromatic N) is 1. The zero-order valence-electron chi connectivity index (χ0n) is 9.06. The quantitative estimate of drug-likeness (QED) is 0.792. The third-order valence-electron chi connectivity index (χ3n) is 2.48. The third kappa shape index (κ3) is 3.60. The van der Waals surface area contributed by atoms with Crippen molar-refractivity contribution in [2.75, 3.05) is 0 Å². The fourth-order valence-corrected chi connectivity index (χ4v) is 1.67. The molecule has 0 aliphatic carbocycles. The summed E-state index contributed by atoms with van der Waals surface area (Å²) in [6.07, 6.45) is 2.66. The number of hydrogen-bond acceptors (Lipinski definition) is 4. The van der Waals surface area contributed by atoms with Crippen LogP contribution in [0.3, 0.4) is 0 Å². The van der Waals surface area contributed by atoms with Gasteiger partial charge in [0.2, 0.25) is 5.91 Å². The third-order valence-corrected chi connectivity index (χ3v) is 3.26. The van der Waals surface area contributed by atoms with Crippen LogP contribution in [0.4, 0.5) is 0 Å². The average Bonchev–Trinajstić information content (AvgIpc) is 2.76. The van der Waals surface area contributed by atoms with E-state index in [1.807, 2.05) is 13.8 Å². The zero-order valence-corrected chi connectivity index (χ0v) is 9.88. The molecular formula is C10H17N3OS. The van der Waals surface area contributed by atoms with Crippen molar-refractivity contribution in [3.05, 3.63) is 16.6 Å². The number of carbonyl (C=O) groups excluding carboxylic acids is 1. The van der Waals surface area contributed by atoms with Gasteiger partial charge in [0.15, 0.2) is 0 Å². The minimum absolute atomic E-state index is 0.0854. The second-order valence-electron chi connectivity index (χ2n) is 3.60. The molecule has 0 radical (unpaired) electrons. The van der Waals surface area contributed by atoms with Crippen LogP contribution in [0.2, 0.25) is 0 Å². The minimum Gasteiger partial charge on any atom is -0.350 e. The Morgan fingerprint density at radius 2 is 2.47 bits per heavy atom.